The molecule has 0 bridgehead atoms. The van der Waals surface area contributed by atoms with Gasteiger partial charge in [-0.25, -0.2) is 0 Å². The van der Waals surface area contributed by atoms with E-state index in [-0.39, 0.29) is 28.7 Å². The molecule has 0 aliphatic heterocycles. The average molecular weight is 314 g/mol. The summed E-state index contributed by atoms with van der Waals surface area (Å²) in [6.07, 6.45) is 0. The molecule has 21 heavy (non-hydrogen) atoms. The van der Waals surface area contributed by atoms with E-state index in [2.05, 4.69) is 10.6 Å². The van der Waals surface area contributed by atoms with Crippen LogP contribution in [0.15, 0.2) is 18.2 Å². The zero-order valence-electron chi connectivity index (χ0n) is 11.9. The summed E-state index contributed by atoms with van der Waals surface area (Å²) in [5, 5.41) is 15.9. The molecular weight excluding hydrogens is 298 g/mol. The topological polar surface area (TPSA) is 101 Å². The number of hydrogen-bond acceptors (Lipinski definition) is 4. The molecule has 0 saturated carbocycles. The monoisotopic (exact) mass is 313 g/mol. The molecule has 1 aromatic rings. The first-order valence-corrected chi connectivity index (χ1v) is 6.51. The van der Waals surface area contributed by atoms with Crippen molar-refractivity contribution in [2.45, 2.75) is 13.8 Å². The molecule has 2 amide bonds. The van der Waals surface area contributed by atoms with Gasteiger partial charge in [-0.3, -0.25) is 19.7 Å². The fourth-order valence-electron chi connectivity index (χ4n) is 1.62. The first-order chi connectivity index (χ1) is 9.69. The van der Waals surface area contributed by atoms with Gasteiger partial charge in [-0.15, -0.1) is 0 Å². The minimum atomic E-state index is -0.808. The molecule has 0 radical (unpaired) electrons. The average Bonchev–Trinajstić information content (AvgIpc) is 2.44. The van der Waals surface area contributed by atoms with E-state index in [1.54, 1.807) is 13.8 Å². The fraction of sp³-hybridized carbons (Fsp3) is 0.385. The number of benzene rings is 1. The largest absolute Gasteiger partial charge is 0.359 e. The number of carbonyl (C=O) groups is 2. The summed E-state index contributed by atoms with van der Waals surface area (Å²) in [7, 11) is 1.50. The van der Waals surface area contributed by atoms with Crippen molar-refractivity contribution in [1.82, 2.24) is 10.6 Å². The van der Waals surface area contributed by atoms with Gasteiger partial charge >= 0.3 is 0 Å². The Kier molecular flexibility index (Phi) is 5.26. The van der Waals surface area contributed by atoms with Gasteiger partial charge in [0.15, 0.2) is 0 Å². The van der Waals surface area contributed by atoms with E-state index in [1.165, 1.54) is 19.2 Å². The Morgan fingerprint density at radius 3 is 2.52 bits per heavy atom. The Bertz CT molecular complexity index is 587. The Morgan fingerprint density at radius 2 is 2.00 bits per heavy atom. The highest BCUT2D eigenvalue weighted by Crippen LogP contribution is 2.22. The predicted octanol–water partition coefficient (Wildman–Crippen LogP) is 1.75. The zero-order chi connectivity index (χ0) is 16.2. The van der Waals surface area contributed by atoms with Gasteiger partial charge in [0.2, 0.25) is 5.91 Å². The maximum absolute atomic E-state index is 12.0. The standard InChI is InChI=1S/C13H16ClN3O4/c1-13(2,12(19)15-3)7-16-11(18)9-6-8(17(20)21)4-5-10(9)14/h4-6H,7H2,1-3H3,(H,15,19)(H,16,18). The number of carbonyl (C=O) groups excluding carboxylic acids is 2. The molecule has 0 aliphatic rings. The van der Waals surface area contributed by atoms with Gasteiger partial charge in [0.25, 0.3) is 11.6 Å². The molecule has 114 valence electrons. The minimum Gasteiger partial charge on any atom is -0.359 e. The van der Waals surface area contributed by atoms with Gasteiger partial charge in [-0.05, 0) is 19.9 Å². The first-order valence-electron chi connectivity index (χ1n) is 6.13. The number of non-ortho nitro benzene ring substituents is 1. The molecule has 1 rings (SSSR count). The number of rotatable bonds is 5. The summed E-state index contributed by atoms with van der Waals surface area (Å²) < 4.78 is 0. The summed E-state index contributed by atoms with van der Waals surface area (Å²) in [6.45, 7) is 3.41. The molecule has 2 N–H and O–H groups in total. The number of nitrogens with one attached hydrogen (secondary N) is 2. The van der Waals surface area contributed by atoms with E-state index in [1.807, 2.05) is 0 Å². The van der Waals surface area contributed by atoms with Crippen LogP contribution in [0.5, 0.6) is 0 Å². The smallest absolute Gasteiger partial charge is 0.270 e. The molecular formula is C13H16ClN3O4. The summed E-state index contributed by atoms with van der Waals surface area (Å²) in [6, 6.07) is 3.61. The lowest BCUT2D eigenvalue weighted by molar-refractivity contribution is -0.384. The molecule has 8 heteroatoms. The van der Waals surface area contributed by atoms with Crippen LogP contribution in [0.1, 0.15) is 24.2 Å². The SMILES string of the molecule is CNC(=O)C(C)(C)CNC(=O)c1cc([N+](=O)[O-])ccc1Cl. The number of halogens is 1. The normalized spacial score (nSPS) is 10.9. The molecule has 0 atom stereocenters. The summed E-state index contributed by atoms with van der Waals surface area (Å²) in [4.78, 5) is 33.8. The van der Waals surface area contributed by atoms with Crippen molar-refractivity contribution in [3.63, 3.8) is 0 Å². The Morgan fingerprint density at radius 1 is 1.38 bits per heavy atom. The van der Waals surface area contributed by atoms with Gasteiger partial charge in [-0.1, -0.05) is 11.6 Å². The molecule has 1 aromatic carbocycles. The molecule has 0 fully saturated rings. The second-order valence-corrected chi connectivity index (χ2v) is 5.47. The van der Waals surface area contributed by atoms with E-state index in [4.69, 9.17) is 11.6 Å². The van der Waals surface area contributed by atoms with Crippen LogP contribution in [0.25, 0.3) is 0 Å². The van der Waals surface area contributed by atoms with Crippen LogP contribution in [0.2, 0.25) is 5.02 Å². The van der Waals surface area contributed by atoms with E-state index >= 15 is 0 Å². The third kappa shape index (κ3) is 4.16. The van der Waals surface area contributed by atoms with Crippen LogP contribution in [-0.4, -0.2) is 30.3 Å². The van der Waals surface area contributed by atoms with E-state index in [0.29, 0.717) is 0 Å². The third-order valence-electron chi connectivity index (χ3n) is 2.94. The molecule has 7 nitrogen and oxygen atoms in total. The van der Waals surface area contributed by atoms with Crippen molar-refractivity contribution < 1.29 is 14.5 Å². The Balaban J connectivity index is 2.88. The van der Waals surface area contributed by atoms with Crippen molar-refractivity contribution >= 4 is 29.1 Å². The minimum absolute atomic E-state index is 0.00132. The summed E-state index contributed by atoms with van der Waals surface area (Å²) in [5.74, 6) is -0.798. The second kappa shape index (κ2) is 6.53. The lowest BCUT2D eigenvalue weighted by atomic mass is 9.92. The lowest BCUT2D eigenvalue weighted by Gasteiger charge is -2.22. The van der Waals surface area contributed by atoms with Crippen molar-refractivity contribution in [1.29, 1.82) is 0 Å². The molecule has 0 unspecified atom stereocenters. The van der Waals surface area contributed by atoms with Crippen LogP contribution in [0, 0.1) is 15.5 Å². The number of hydrogen-bond donors (Lipinski definition) is 2. The van der Waals surface area contributed by atoms with Crippen LogP contribution >= 0.6 is 11.6 Å². The lowest BCUT2D eigenvalue weighted by Crippen LogP contribution is -2.43. The van der Waals surface area contributed by atoms with Gasteiger partial charge in [0, 0.05) is 25.7 Å². The van der Waals surface area contributed by atoms with E-state index in [9.17, 15) is 19.7 Å². The van der Waals surface area contributed by atoms with Crippen molar-refractivity contribution in [2.24, 2.45) is 5.41 Å². The Labute approximate surface area is 126 Å². The zero-order valence-corrected chi connectivity index (χ0v) is 12.7. The highest BCUT2D eigenvalue weighted by molar-refractivity contribution is 6.33. The van der Waals surface area contributed by atoms with Crippen molar-refractivity contribution in [2.75, 3.05) is 13.6 Å². The predicted molar refractivity (Wildman–Crippen MR) is 78.3 cm³/mol. The maximum atomic E-state index is 12.0. The Hall–Kier alpha value is -2.15. The number of nitro benzene ring substituents is 1. The number of nitrogens with zero attached hydrogens (tertiary/aromatic N) is 1. The number of nitro groups is 1. The fourth-order valence-corrected chi connectivity index (χ4v) is 1.82. The van der Waals surface area contributed by atoms with E-state index in [0.717, 1.165) is 6.07 Å². The van der Waals surface area contributed by atoms with Crippen molar-refractivity contribution in [3.8, 4) is 0 Å². The summed E-state index contributed by atoms with van der Waals surface area (Å²) >= 11 is 5.87. The molecule has 0 heterocycles. The van der Waals surface area contributed by atoms with Gasteiger partial charge in [0.05, 0.1) is 20.9 Å². The summed E-state index contributed by atoms with van der Waals surface area (Å²) in [5.41, 5.74) is -1.04. The van der Waals surface area contributed by atoms with Crippen LogP contribution in [0.4, 0.5) is 5.69 Å². The maximum Gasteiger partial charge on any atom is 0.270 e. The van der Waals surface area contributed by atoms with Crippen LogP contribution in [0.3, 0.4) is 0 Å². The van der Waals surface area contributed by atoms with E-state index < -0.39 is 16.2 Å². The first kappa shape index (κ1) is 16.9. The van der Waals surface area contributed by atoms with Gasteiger partial charge < -0.3 is 10.6 Å². The van der Waals surface area contributed by atoms with Gasteiger partial charge in [0.1, 0.15) is 0 Å². The van der Waals surface area contributed by atoms with Crippen molar-refractivity contribution in [3.05, 3.63) is 38.9 Å². The highest BCUT2D eigenvalue weighted by Gasteiger charge is 2.27. The molecule has 0 spiro atoms. The van der Waals surface area contributed by atoms with Crippen LogP contribution in [-0.2, 0) is 4.79 Å². The van der Waals surface area contributed by atoms with Gasteiger partial charge in [-0.2, -0.15) is 0 Å². The van der Waals surface area contributed by atoms with Crippen LogP contribution < -0.4 is 10.6 Å². The molecule has 0 aromatic heterocycles. The highest BCUT2D eigenvalue weighted by atomic mass is 35.5. The molecule has 0 saturated heterocycles. The molecule has 0 aliphatic carbocycles. The second-order valence-electron chi connectivity index (χ2n) is 5.07. The third-order valence-corrected chi connectivity index (χ3v) is 3.27. The number of amides is 2. The quantitative estimate of drug-likeness (QED) is 0.638.